The second-order valence-corrected chi connectivity index (χ2v) is 4.17. The molecule has 4 heteroatoms. The lowest BCUT2D eigenvalue weighted by Crippen LogP contribution is -2.41. The molecule has 0 aromatic carbocycles. The van der Waals surface area contributed by atoms with E-state index in [0.29, 0.717) is 6.54 Å². The van der Waals surface area contributed by atoms with Crippen LogP contribution < -0.4 is 5.32 Å². The molecule has 1 saturated carbocycles. The maximum absolute atomic E-state index is 5.60. The van der Waals surface area contributed by atoms with Gasteiger partial charge in [0, 0.05) is 13.5 Å². The summed E-state index contributed by atoms with van der Waals surface area (Å²) in [5.41, 5.74) is 0.0243. The van der Waals surface area contributed by atoms with E-state index in [0.717, 1.165) is 30.9 Å². The largest absolute Gasteiger partial charge is 0.444 e. The highest BCUT2D eigenvalue weighted by Crippen LogP contribution is 2.37. The Labute approximate surface area is 90.0 Å². The Hall–Kier alpha value is -0.870. The summed E-state index contributed by atoms with van der Waals surface area (Å²) >= 11 is 0. The van der Waals surface area contributed by atoms with E-state index in [4.69, 9.17) is 9.15 Å². The van der Waals surface area contributed by atoms with Gasteiger partial charge in [0.05, 0.1) is 18.3 Å². The van der Waals surface area contributed by atoms with Gasteiger partial charge in [-0.2, -0.15) is 0 Å². The van der Waals surface area contributed by atoms with Gasteiger partial charge < -0.3 is 14.5 Å². The zero-order chi connectivity index (χ0) is 10.7. The molecular weight excluding hydrogens is 192 g/mol. The molecule has 0 radical (unpaired) electrons. The predicted molar refractivity (Wildman–Crippen MR) is 56.6 cm³/mol. The molecule has 0 spiro atoms. The van der Waals surface area contributed by atoms with Crippen LogP contribution in [-0.2, 0) is 17.7 Å². The summed E-state index contributed by atoms with van der Waals surface area (Å²) in [6.45, 7) is 0.681. The van der Waals surface area contributed by atoms with E-state index < -0.39 is 0 Å². The number of oxazole rings is 1. The van der Waals surface area contributed by atoms with E-state index >= 15 is 0 Å². The summed E-state index contributed by atoms with van der Waals surface area (Å²) in [7, 11) is 3.66. The van der Waals surface area contributed by atoms with E-state index in [9.17, 15) is 0 Å². The molecule has 0 saturated heterocycles. The molecular formula is C11H18N2O2. The number of ether oxygens (including phenoxy) is 1. The van der Waals surface area contributed by atoms with Crippen molar-refractivity contribution in [1.82, 2.24) is 10.3 Å². The maximum atomic E-state index is 5.60. The Kier molecular flexibility index (Phi) is 3.07. The Morgan fingerprint density at radius 1 is 1.60 bits per heavy atom. The Balaban J connectivity index is 1.97. The Bertz CT molecular complexity index is 313. The fourth-order valence-corrected chi connectivity index (χ4v) is 2.00. The molecule has 0 bridgehead atoms. The average Bonchev–Trinajstić information content (AvgIpc) is 2.60. The van der Waals surface area contributed by atoms with Crippen LogP contribution in [0.15, 0.2) is 10.6 Å². The number of hydrogen-bond acceptors (Lipinski definition) is 4. The van der Waals surface area contributed by atoms with E-state index in [2.05, 4.69) is 10.3 Å². The van der Waals surface area contributed by atoms with E-state index in [1.54, 1.807) is 7.11 Å². The molecule has 4 nitrogen and oxygen atoms in total. The average molecular weight is 210 g/mol. The van der Waals surface area contributed by atoms with Crippen molar-refractivity contribution in [3.63, 3.8) is 0 Å². The van der Waals surface area contributed by atoms with Crippen LogP contribution in [0.2, 0.25) is 0 Å². The van der Waals surface area contributed by atoms with Gasteiger partial charge in [0.25, 0.3) is 0 Å². The summed E-state index contributed by atoms with van der Waals surface area (Å²) < 4.78 is 11.1. The van der Waals surface area contributed by atoms with Crippen LogP contribution in [0.4, 0.5) is 0 Å². The first-order chi connectivity index (χ1) is 7.28. The van der Waals surface area contributed by atoms with Gasteiger partial charge in [-0.25, -0.2) is 4.98 Å². The lowest BCUT2D eigenvalue weighted by Gasteiger charge is -2.39. The van der Waals surface area contributed by atoms with Crippen molar-refractivity contribution in [2.45, 2.75) is 37.8 Å². The molecule has 1 aliphatic rings. The summed E-state index contributed by atoms with van der Waals surface area (Å²) in [6, 6.07) is 0. The van der Waals surface area contributed by atoms with Crippen molar-refractivity contribution in [3.8, 4) is 0 Å². The quantitative estimate of drug-likeness (QED) is 0.800. The summed E-state index contributed by atoms with van der Waals surface area (Å²) in [5.74, 6) is 1.68. The van der Waals surface area contributed by atoms with Crippen molar-refractivity contribution >= 4 is 0 Å². The zero-order valence-electron chi connectivity index (χ0n) is 9.38. The number of hydrogen-bond donors (Lipinski definition) is 1. The van der Waals surface area contributed by atoms with Crippen LogP contribution in [-0.4, -0.2) is 24.7 Å². The smallest absolute Gasteiger partial charge is 0.208 e. The lowest BCUT2D eigenvalue weighted by atomic mass is 9.77. The van der Waals surface area contributed by atoms with Crippen LogP contribution in [0.3, 0.4) is 0 Å². The van der Waals surface area contributed by atoms with Crippen molar-refractivity contribution in [3.05, 3.63) is 17.8 Å². The third-order valence-electron chi connectivity index (χ3n) is 3.12. The topological polar surface area (TPSA) is 47.3 Å². The van der Waals surface area contributed by atoms with Crippen LogP contribution in [0.5, 0.6) is 0 Å². The molecule has 84 valence electrons. The van der Waals surface area contributed by atoms with E-state index in [1.165, 1.54) is 6.42 Å². The molecule has 1 fully saturated rings. The molecule has 0 aliphatic heterocycles. The number of nitrogens with zero attached hydrogens (tertiary/aromatic N) is 1. The highest BCUT2D eigenvalue weighted by Gasteiger charge is 2.38. The summed E-state index contributed by atoms with van der Waals surface area (Å²) in [6.07, 6.45) is 6.18. The van der Waals surface area contributed by atoms with Gasteiger partial charge in [0.1, 0.15) is 5.76 Å². The van der Waals surface area contributed by atoms with Gasteiger partial charge in [-0.05, 0) is 26.3 Å². The molecule has 2 rings (SSSR count). The molecule has 1 N–H and O–H groups in total. The molecule has 1 aromatic rings. The van der Waals surface area contributed by atoms with E-state index in [1.807, 2.05) is 13.2 Å². The third-order valence-corrected chi connectivity index (χ3v) is 3.12. The summed E-state index contributed by atoms with van der Waals surface area (Å²) in [4.78, 5) is 4.20. The molecule has 0 atom stereocenters. The molecule has 1 heterocycles. The zero-order valence-corrected chi connectivity index (χ0v) is 9.38. The van der Waals surface area contributed by atoms with Crippen molar-refractivity contribution in [1.29, 1.82) is 0 Å². The minimum Gasteiger partial charge on any atom is -0.444 e. The molecule has 0 unspecified atom stereocenters. The maximum Gasteiger partial charge on any atom is 0.208 e. The monoisotopic (exact) mass is 210 g/mol. The molecule has 15 heavy (non-hydrogen) atoms. The minimum absolute atomic E-state index is 0.0243. The van der Waals surface area contributed by atoms with Crippen molar-refractivity contribution < 1.29 is 9.15 Å². The Morgan fingerprint density at radius 2 is 2.40 bits per heavy atom. The van der Waals surface area contributed by atoms with Crippen LogP contribution >= 0.6 is 0 Å². The standard InChI is InChI=1S/C11H18N2O2/c1-12-8-10-13-7-9(15-10)6-11(14-2)4-3-5-11/h7,12H,3-6,8H2,1-2H3. The van der Waals surface area contributed by atoms with Crippen molar-refractivity contribution in [2.75, 3.05) is 14.2 Å². The normalized spacial score (nSPS) is 18.8. The van der Waals surface area contributed by atoms with Crippen LogP contribution in [0, 0.1) is 0 Å². The van der Waals surface area contributed by atoms with Gasteiger partial charge in [0.2, 0.25) is 5.89 Å². The van der Waals surface area contributed by atoms with Crippen LogP contribution in [0.1, 0.15) is 30.9 Å². The predicted octanol–water partition coefficient (Wildman–Crippen LogP) is 1.51. The van der Waals surface area contributed by atoms with Crippen LogP contribution in [0.25, 0.3) is 0 Å². The number of methoxy groups -OCH3 is 1. The Morgan fingerprint density at radius 3 is 2.93 bits per heavy atom. The van der Waals surface area contributed by atoms with E-state index in [-0.39, 0.29) is 5.60 Å². The van der Waals surface area contributed by atoms with Gasteiger partial charge >= 0.3 is 0 Å². The highest BCUT2D eigenvalue weighted by atomic mass is 16.5. The molecule has 1 aromatic heterocycles. The third kappa shape index (κ3) is 2.21. The number of rotatable bonds is 5. The molecule has 0 amide bonds. The van der Waals surface area contributed by atoms with Crippen molar-refractivity contribution in [2.24, 2.45) is 0 Å². The fourth-order valence-electron chi connectivity index (χ4n) is 2.00. The molecule has 1 aliphatic carbocycles. The van der Waals surface area contributed by atoms with Gasteiger partial charge in [-0.1, -0.05) is 0 Å². The van der Waals surface area contributed by atoms with Gasteiger partial charge in [-0.15, -0.1) is 0 Å². The van der Waals surface area contributed by atoms with Gasteiger partial charge in [0.15, 0.2) is 0 Å². The fraction of sp³-hybridized carbons (Fsp3) is 0.727. The summed E-state index contributed by atoms with van der Waals surface area (Å²) in [5, 5.41) is 3.01. The van der Waals surface area contributed by atoms with Gasteiger partial charge in [-0.3, -0.25) is 0 Å². The minimum atomic E-state index is 0.0243. The number of aromatic nitrogens is 1. The number of nitrogens with one attached hydrogen (secondary N) is 1. The highest BCUT2D eigenvalue weighted by molar-refractivity contribution is 5.03. The first-order valence-electron chi connectivity index (χ1n) is 5.41. The first kappa shape index (κ1) is 10.6. The first-order valence-corrected chi connectivity index (χ1v) is 5.41. The second-order valence-electron chi connectivity index (χ2n) is 4.17. The SMILES string of the molecule is CNCc1ncc(CC2(OC)CCC2)o1. The lowest BCUT2D eigenvalue weighted by molar-refractivity contribution is -0.0738. The second kappa shape index (κ2) is 4.33.